The number of aromatic nitrogens is 1. The fourth-order valence-electron chi connectivity index (χ4n) is 3.10. The Morgan fingerprint density at radius 1 is 1.08 bits per heavy atom. The van der Waals surface area contributed by atoms with Crippen LogP contribution in [0.2, 0.25) is 0 Å². The molecule has 4 rings (SSSR count). The minimum absolute atomic E-state index is 0.0148. The van der Waals surface area contributed by atoms with E-state index in [9.17, 15) is 4.79 Å². The number of hydrogen-bond donors (Lipinski definition) is 0. The highest BCUT2D eigenvalue weighted by atomic mass is 127. The maximum Gasteiger partial charge on any atom is 0.255 e. The van der Waals surface area contributed by atoms with Gasteiger partial charge in [-0.25, -0.2) is 4.98 Å². The molecular weight excluding hydrogens is 427 g/mol. The molecule has 0 spiro atoms. The number of pyridine rings is 1. The molecule has 2 heterocycles. The molecule has 1 aliphatic heterocycles. The van der Waals surface area contributed by atoms with E-state index in [2.05, 4.69) is 27.6 Å². The molecule has 25 heavy (non-hydrogen) atoms. The number of likely N-dealkylation sites (tertiary alicyclic amines) is 1. The highest BCUT2D eigenvalue weighted by molar-refractivity contribution is 14.1. The van der Waals surface area contributed by atoms with Crippen LogP contribution in [0.1, 0.15) is 16.8 Å². The van der Waals surface area contributed by atoms with Gasteiger partial charge >= 0.3 is 0 Å². The van der Waals surface area contributed by atoms with Gasteiger partial charge in [0.1, 0.15) is 6.10 Å². The summed E-state index contributed by atoms with van der Waals surface area (Å²) in [4.78, 5) is 19.1. The van der Waals surface area contributed by atoms with Crippen LogP contribution in [0.5, 0.6) is 5.88 Å². The van der Waals surface area contributed by atoms with E-state index >= 15 is 0 Å². The molecule has 0 bridgehead atoms. The summed E-state index contributed by atoms with van der Waals surface area (Å²) in [6, 6.07) is 19.6. The molecule has 126 valence electrons. The van der Waals surface area contributed by atoms with E-state index in [4.69, 9.17) is 4.74 Å². The van der Waals surface area contributed by atoms with Crippen LogP contribution in [0, 0.1) is 3.57 Å². The molecule has 3 aromatic rings. The van der Waals surface area contributed by atoms with Crippen molar-refractivity contribution >= 4 is 39.4 Å². The Labute approximate surface area is 160 Å². The van der Waals surface area contributed by atoms with E-state index < -0.39 is 0 Å². The molecule has 1 aliphatic rings. The van der Waals surface area contributed by atoms with Gasteiger partial charge < -0.3 is 9.64 Å². The lowest BCUT2D eigenvalue weighted by atomic mass is 10.2. The summed E-state index contributed by atoms with van der Waals surface area (Å²) in [5.74, 6) is 0.690. The SMILES string of the molecule is O=C(c1ccccc1I)N1CCC(Oc2ccc3ccccc3n2)C1. The molecule has 0 N–H and O–H groups in total. The Bertz CT molecular complexity index is 928. The van der Waals surface area contributed by atoms with Crippen LogP contribution in [-0.2, 0) is 0 Å². The van der Waals surface area contributed by atoms with Crippen molar-refractivity contribution in [2.75, 3.05) is 13.1 Å². The zero-order valence-electron chi connectivity index (χ0n) is 13.6. The molecule has 0 saturated carbocycles. The molecule has 0 aliphatic carbocycles. The first-order chi connectivity index (χ1) is 12.2. The lowest BCUT2D eigenvalue weighted by Crippen LogP contribution is -2.31. The Balaban J connectivity index is 1.45. The van der Waals surface area contributed by atoms with Crippen molar-refractivity contribution in [3.8, 4) is 5.88 Å². The van der Waals surface area contributed by atoms with Crippen LogP contribution in [0.25, 0.3) is 10.9 Å². The lowest BCUT2D eigenvalue weighted by molar-refractivity contribution is 0.0770. The second kappa shape index (κ2) is 7.00. The summed E-state index contributed by atoms with van der Waals surface area (Å²) >= 11 is 2.21. The minimum atomic E-state index is -0.0148. The van der Waals surface area contributed by atoms with E-state index in [1.165, 1.54) is 0 Å². The standard InChI is InChI=1S/C20H17IN2O2/c21-17-7-3-2-6-16(17)20(24)23-12-11-15(13-23)25-19-10-9-14-5-1-4-8-18(14)22-19/h1-10,15H,11-13H2. The highest BCUT2D eigenvalue weighted by Crippen LogP contribution is 2.22. The summed E-state index contributed by atoms with van der Waals surface area (Å²) in [6.45, 7) is 1.31. The summed E-state index contributed by atoms with van der Waals surface area (Å²) < 4.78 is 7.00. The van der Waals surface area contributed by atoms with Crippen molar-refractivity contribution in [1.29, 1.82) is 0 Å². The van der Waals surface area contributed by atoms with E-state index in [1.807, 2.05) is 65.6 Å². The van der Waals surface area contributed by atoms with E-state index in [1.54, 1.807) is 0 Å². The Morgan fingerprint density at radius 3 is 2.76 bits per heavy atom. The van der Waals surface area contributed by atoms with Crippen molar-refractivity contribution in [3.05, 3.63) is 69.8 Å². The summed E-state index contributed by atoms with van der Waals surface area (Å²) in [6.07, 6.45) is 0.808. The number of hydrogen-bond acceptors (Lipinski definition) is 3. The van der Waals surface area contributed by atoms with Crippen molar-refractivity contribution in [2.24, 2.45) is 0 Å². The van der Waals surface area contributed by atoms with Crippen molar-refractivity contribution in [3.63, 3.8) is 0 Å². The second-order valence-corrected chi connectivity index (χ2v) is 7.26. The van der Waals surface area contributed by atoms with Crippen LogP contribution < -0.4 is 4.74 Å². The fourth-order valence-corrected chi connectivity index (χ4v) is 3.72. The van der Waals surface area contributed by atoms with Gasteiger partial charge in [0.05, 0.1) is 17.6 Å². The molecular formula is C20H17IN2O2. The van der Waals surface area contributed by atoms with Crippen molar-refractivity contribution < 1.29 is 9.53 Å². The number of ether oxygens (including phenoxy) is 1. The zero-order valence-corrected chi connectivity index (χ0v) is 15.7. The number of carbonyl (C=O) groups excluding carboxylic acids is 1. The summed E-state index contributed by atoms with van der Waals surface area (Å²) in [5.41, 5.74) is 1.68. The van der Waals surface area contributed by atoms with Crippen LogP contribution in [-0.4, -0.2) is 35.0 Å². The monoisotopic (exact) mass is 444 g/mol. The molecule has 5 heteroatoms. The molecule has 1 unspecified atom stereocenters. The number of carbonyl (C=O) groups is 1. The van der Waals surface area contributed by atoms with Gasteiger partial charge in [-0.3, -0.25) is 4.79 Å². The predicted molar refractivity (Wildman–Crippen MR) is 106 cm³/mol. The third-order valence-electron chi connectivity index (χ3n) is 4.40. The number of halogens is 1. The molecule has 1 amide bonds. The number of fused-ring (bicyclic) bond motifs is 1. The van der Waals surface area contributed by atoms with Gasteiger partial charge in [0.2, 0.25) is 5.88 Å². The van der Waals surface area contributed by atoms with E-state index in [0.717, 1.165) is 26.5 Å². The molecule has 1 saturated heterocycles. The van der Waals surface area contributed by atoms with Gasteiger partial charge in [-0.05, 0) is 46.9 Å². The molecule has 4 nitrogen and oxygen atoms in total. The van der Waals surface area contributed by atoms with Gasteiger partial charge in [0.25, 0.3) is 5.91 Å². The zero-order chi connectivity index (χ0) is 17.2. The predicted octanol–water partition coefficient (Wildman–Crippen LogP) is 4.13. The first kappa shape index (κ1) is 16.3. The number of rotatable bonds is 3. The minimum Gasteiger partial charge on any atom is -0.472 e. The van der Waals surface area contributed by atoms with Crippen LogP contribution >= 0.6 is 22.6 Å². The van der Waals surface area contributed by atoms with Crippen molar-refractivity contribution in [2.45, 2.75) is 12.5 Å². The van der Waals surface area contributed by atoms with Crippen LogP contribution in [0.4, 0.5) is 0 Å². The third-order valence-corrected chi connectivity index (χ3v) is 5.34. The Hall–Kier alpha value is -2.15. The fraction of sp³-hybridized carbons (Fsp3) is 0.200. The Kier molecular flexibility index (Phi) is 4.57. The Morgan fingerprint density at radius 2 is 1.88 bits per heavy atom. The lowest BCUT2D eigenvalue weighted by Gasteiger charge is -2.18. The number of para-hydroxylation sites is 1. The van der Waals surface area contributed by atoms with Crippen molar-refractivity contribution in [1.82, 2.24) is 9.88 Å². The maximum atomic E-state index is 12.7. The first-order valence-electron chi connectivity index (χ1n) is 8.27. The van der Waals surface area contributed by atoms with Crippen LogP contribution in [0.15, 0.2) is 60.7 Å². The smallest absolute Gasteiger partial charge is 0.255 e. The largest absolute Gasteiger partial charge is 0.472 e. The van der Waals surface area contributed by atoms with Gasteiger partial charge in [0.15, 0.2) is 0 Å². The number of nitrogens with zero attached hydrogens (tertiary/aromatic N) is 2. The molecule has 1 aromatic heterocycles. The number of amides is 1. The molecule has 1 atom stereocenters. The normalized spacial score (nSPS) is 17.0. The topological polar surface area (TPSA) is 42.4 Å². The summed E-state index contributed by atoms with van der Waals surface area (Å²) in [7, 11) is 0. The first-order valence-corrected chi connectivity index (χ1v) is 9.35. The quantitative estimate of drug-likeness (QED) is 0.571. The average Bonchev–Trinajstić information content (AvgIpc) is 3.10. The van der Waals surface area contributed by atoms with Gasteiger partial charge in [-0.15, -0.1) is 0 Å². The van der Waals surface area contributed by atoms with Crippen LogP contribution in [0.3, 0.4) is 0 Å². The van der Waals surface area contributed by atoms with E-state index in [0.29, 0.717) is 19.0 Å². The molecule has 0 radical (unpaired) electrons. The second-order valence-electron chi connectivity index (χ2n) is 6.10. The molecule has 2 aromatic carbocycles. The highest BCUT2D eigenvalue weighted by Gasteiger charge is 2.29. The maximum absolute atomic E-state index is 12.7. The van der Waals surface area contributed by atoms with Gasteiger partial charge in [0, 0.05) is 28.0 Å². The summed E-state index contributed by atoms with van der Waals surface area (Å²) in [5, 5.41) is 1.09. The molecule has 1 fully saturated rings. The average molecular weight is 444 g/mol. The van der Waals surface area contributed by atoms with Gasteiger partial charge in [-0.1, -0.05) is 30.3 Å². The van der Waals surface area contributed by atoms with E-state index in [-0.39, 0.29) is 12.0 Å². The van der Waals surface area contributed by atoms with Gasteiger partial charge in [-0.2, -0.15) is 0 Å². The number of benzene rings is 2. The third kappa shape index (κ3) is 3.46.